The minimum absolute atomic E-state index is 0.281. The first-order valence-electron chi connectivity index (χ1n) is 5.15. The van der Waals surface area contributed by atoms with E-state index in [0.29, 0.717) is 5.56 Å². The van der Waals surface area contributed by atoms with Crippen LogP contribution in [0.25, 0.3) is 0 Å². The molecule has 86 valence electrons. The summed E-state index contributed by atoms with van der Waals surface area (Å²) in [5.74, 6) is -1.60. The highest BCUT2D eigenvalue weighted by atomic mass is 16.5. The lowest BCUT2D eigenvalue weighted by Crippen LogP contribution is -2.27. The molecule has 2 rings (SSSR count). The zero-order valence-corrected chi connectivity index (χ0v) is 8.92. The molecule has 1 fully saturated rings. The number of aliphatic carboxylic acids is 1. The molecule has 0 bridgehead atoms. The fraction of sp³-hybridized carbons (Fsp3) is 0.417. The maximum atomic E-state index is 11.3. The number of aryl methyl sites for hydroxylation is 1. The fourth-order valence-electron chi connectivity index (χ4n) is 2.20. The van der Waals surface area contributed by atoms with E-state index in [4.69, 9.17) is 10.2 Å². The number of benzene rings is 1. The molecule has 1 saturated carbocycles. The van der Waals surface area contributed by atoms with Gasteiger partial charge in [0.1, 0.15) is 5.41 Å². The van der Waals surface area contributed by atoms with Gasteiger partial charge in [0, 0.05) is 5.92 Å². The number of hydrogen-bond donors (Lipinski definition) is 3. The van der Waals surface area contributed by atoms with Crippen molar-refractivity contribution in [1.82, 2.24) is 0 Å². The number of rotatable bonds is 3. The van der Waals surface area contributed by atoms with E-state index in [2.05, 4.69) is 0 Å². The molecule has 0 aromatic heterocycles. The van der Waals surface area contributed by atoms with E-state index < -0.39 is 23.6 Å². The summed E-state index contributed by atoms with van der Waals surface area (Å²) in [6.07, 6.45) is -1.29. The Morgan fingerprint density at radius 3 is 2.31 bits per heavy atom. The lowest BCUT2D eigenvalue weighted by Gasteiger charge is -2.14. The summed E-state index contributed by atoms with van der Waals surface area (Å²) in [4.78, 5) is 11.3. The molecule has 1 aliphatic rings. The molecule has 0 amide bonds. The fourth-order valence-corrected chi connectivity index (χ4v) is 2.20. The van der Waals surface area contributed by atoms with Crippen molar-refractivity contribution >= 4 is 5.97 Å². The standard InChI is InChI=1S/C12H14O4/c1-7-2-4-8(5-3-7)12(11(15)16)6-9(12)10(13)14/h2-5,9-10,13-14H,6H2,1H3,(H,15,16). The van der Waals surface area contributed by atoms with Gasteiger partial charge in [-0.25, -0.2) is 0 Å². The van der Waals surface area contributed by atoms with Crippen LogP contribution in [0.15, 0.2) is 24.3 Å². The highest BCUT2D eigenvalue weighted by Gasteiger charge is 2.64. The molecule has 1 aliphatic carbocycles. The van der Waals surface area contributed by atoms with Crippen molar-refractivity contribution in [1.29, 1.82) is 0 Å². The molecule has 4 heteroatoms. The van der Waals surface area contributed by atoms with Gasteiger partial charge in [0.2, 0.25) is 0 Å². The molecule has 2 unspecified atom stereocenters. The molecule has 0 radical (unpaired) electrons. The van der Waals surface area contributed by atoms with Crippen molar-refractivity contribution in [3.05, 3.63) is 35.4 Å². The topological polar surface area (TPSA) is 77.8 Å². The van der Waals surface area contributed by atoms with Crippen LogP contribution in [0.5, 0.6) is 0 Å². The molecular weight excluding hydrogens is 208 g/mol. The van der Waals surface area contributed by atoms with E-state index in [1.807, 2.05) is 19.1 Å². The molecule has 1 aromatic carbocycles. The average molecular weight is 222 g/mol. The van der Waals surface area contributed by atoms with E-state index in [1.165, 1.54) is 0 Å². The van der Waals surface area contributed by atoms with Crippen molar-refractivity contribution in [3.8, 4) is 0 Å². The zero-order chi connectivity index (χ0) is 11.9. The molecule has 0 spiro atoms. The summed E-state index contributed by atoms with van der Waals surface area (Å²) in [6, 6.07) is 7.15. The van der Waals surface area contributed by atoms with Crippen molar-refractivity contribution in [3.63, 3.8) is 0 Å². The lowest BCUT2D eigenvalue weighted by atomic mass is 9.92. The second kappa shape index (κ2) is 3.57. The van der Waals surface area contributed by atoms with Crippen LogP contribution < -0.4 is 0 Å². The van der Waals surface area contributed by atoms with E-state index in [-0.39, 0.29) is 6.42 Å². The highest BCUT2D eigenvalue weighted by Crippen LogP contribution is 2.55. The number of carboxylic acids is 1. The number of hydrogen-bond acceptors (Lipinski definition) is 3. The van der Waals surface area contributed by atoms with Gasteiger partial charge >= 0.3 is 5.97 Å². The molecule has 0 aliphatic heterocycles. The summed E-state index contributed by atoms with van der Waals surface area (Å²) < 4.78 is 0. The molecule has 2 atom stereocenters. The van der Waals surface area contributed by atoms with Gasteiger partial charge in [-0.3, -0.25) is 4.79 Å². The Morgan fingerprint density at radius 2 is 1.94 bits per heavy atom. The van der Waals surface area contributed by atoms with Crippen LogP contribution in [0.2, 0.25) is 0 Å². The SMILES string of the molecule is Cc1ccc(C2(C(=O)O)CC2C(O)O)cc1. The summed E-state index contributed by atoms with van der Waals surface area (Å²) in [6.45, 7) is 1.92. The number of aliphatic hydroxyl groups excluding tert-OH is 1. The summed E-state index contributed by atoms with van der Waals surface area (Å²) in [7, 11) is 0. The maximum absolute atomic E-state index is 11.3. The summed E-state index contributed by atoms with van der Waals surface area (Å²) in [5, 5.41) is 27.4. The monoisotopic (exact) mass is 222 g/mol. The van der Waals surface area contributed by atoms with Crippen molar-refractivity contribution in [2.24, 2.45) is 5.92 Å². The maximum Gasteiger partial charge on any atom is 0.314 e. The Kier molecular flexibility index (Phi) is 2.48. The minimum Gasteiger partial charge on any atom is -0.481 e. The Labute approximate surface area is 93.2 Å². The van der Waals surface area contributed by atoms with Gasteiger partial charge in [0.05, 0.1) is 0 Å². The van der Waals surface area contributed by atoms with Crippen LogP contribution in [0.3, 0.4) is 0 Å². The minimum atomic E-state index is -1.57. The van der Waals surface area contributed by atoms with Crippen LogP contribution in [0.4, 0.5) is 0 Å². The van der Waals surface area contributed by atoms with E-state index in [1.54, 1.807) is 12.1 Å². The molecule has 0 heterocycles. The number of aliphatic hydroxyl groups is 2. The summed E-state index contributed by atoms with van der Waals surface area (Å²) >= 11 is 0. The van der Waals surface area contributed by atoms with E-state index in [9.17, 15) is 9.90 Å². The third kappa shape index (κ3) is 1.50. The van der Waals surface area contributed by atoms with Gasteiger partial charge in [0.15, 0.2) is 6.29 Å². The first-order chi connectivity index (χ1) is 7.48. The van der Waals surface area contributed by atoms with Crippen LogP contribution in [0, 0.1) is 12.8 Å². The molecule has 1 aromatic rings. The predicted molar refractivity (Wildman–Crippen MR) is 56.8 cm³/mol. The first-order valence-corrected chi connectivity index (χ1v) is 5.15. The van der Waals surface area contributed by atoms with Crippen molar-refractivity contribution in [2.45, 2.75) is 25.0 Å². The molecular formula is C12H14O4. The van der Waals surface area contributed by atoms with Gasteiger partial charge < -0.3 is 15.3 Å². The molecule has 0 saturated heterocycles. The number of carboxylic acid groups (broad SMARTS) is 1. The Balaban J connectivity index is 2.36. The Bertz CT molecular complexity index is 410. The van der Waals surface area contributed by atoms with Gasteiger partial charge in [-0.15, -0.1) is 0 Å². The quantitative estimate of drug-likeness (QED) is 0.656. The number of carbonyl (C=O) groups is 1. The van der Waals surface area contributed by atoms with Gasteiger partial charge in [-0.1, -0.05) is 29.8 Å². The van der Waals surface area contributed by atoms with Gasteiger partial charge in [-0.05, 0) is 18.9 Å². The Morgan fingerprint density at radius 1 is 1.38 bits per heavy atom. The van der Waals surface area contributed by atoms with Crippen molar-refractivity contribution in [2.75, 3.05) is 0 Å². The third-order valence-corrected chi connectivity index (χ3v) is 3.32. The smallest absolute Gasteiger partial charge is 0.314 e. The second-order valence-electron chi connectivity index (χ2n) is 4.37. The molecule has 4 nitrogen and oxygen atoms in total. The first kappa shape index (κ1) is 11.1. The Hall–Kier alpha value is -1.39. The highest BCUT2D eigenvalue weighted by molar-refractivity contribution is 5.86. The third-order valence-electron chi connectivity index (χ3n) is 3.32. The van der Waals surface area contributed by atoms with Crippen LogP contribution >= 0.6 is 0 Å². The predicted octanol–water partition coefficient (Wildman–Crippen LogP) is 0.648. The summed E-state index contributed by atoms with van der Waals surface area (Å²) in [5.41, 5.74) is 0.580. The molecule has 3 N–H and O–H groups in total. The van der Waals surface area contributed by atoms with Gasteiger partial charge in [0.25, 0.3) is 0 Å². The van der Waals surface area contributed by atoms with E-state index in [0.717, 1.165) is 5.56 Å². The van der Waals surface area contributed by atoms with Crippen LogP contribution in [0.1, 0.15) is 17.5 Å². The van der Waals surface area contributed by atoms with E-state index >= 15 is 0 Å². The normalized spacial score (nSPS) is 28.1. The average Bonchev–Trinajstić information content (AvgIpc) is 2.95. The van der Waals surface area contributed by atoms with Crippen molar-refractivity contribution < 1.29 is 20.1 Å². The van der Waals surface area contributed by atoms with Crippen LogP contribution in [-0.4, -0.2) is 27.6 Å². The zero-order valence-electron chi connectivity index (χ0n) is 8.92. The second-order valence-corrected chi connectivity index (χ2v) is 4.37. The van der Waals surface area contributed by atoms with Crippen LogP contribution in [-0.2, 0) is 10.2 Å². The largest absolute Gasteiger partial charge is 0.481 e. The van der Waals surface area contributed by atoms with Gasteiger partial charge in [-0.2, -0.15) is 0 Å². The molecule has 16 heavy (non-hydrogen) atoms. The lowest BCUT2D eigenvalue weighted by molar-refractivity contribution is -0.143.